The van der Waals surface area contributed by atoms with Gasteiger partial charge in [-0.15, -0.1) is 0 Å². The Labute approximate surface area is 193 Å². The lowest BCUT2D eigenvalue weighted by Gasteiger charge is -2.21. The second kappa shape index (κ2) is 8.82. The highest BCUT2D eigenvalue weighted by atomic mass is 35.5. The van der Waals surface area contributed by atoms with Crippen LogP contribution in [0.3, 0.4) is 0 Å². The molecule has 0 saturated heterocycles. The molecule has 1 unspecified atom stereocenters. The normalized spacial score (nSPS) is 17.0. The van der Waals surface area contributed by atoms with Crippen molar-refractivity contribution in [3.05, 3.63) is 115 Å². The molecule has 3 aromatic rings. The van der Waals surface area contributed by atoms with Gasteiger partial charge in [-0.3, -0.25) is 0 Å². The number of para-hydroxylation sites is 1. The molecule has 2 aliphatic carbocycles. The quantitative estimate of drug-likeness (QED) is 0.505. The van der Waals surface area contributed by atoms with Crippen LogP contribution in [0.25, 0.3) is 18.2 Å². The minimum Gasteiger partial charge on any atom is -0.464 e. The number of benzene rings is 3. The van der Waals surface area contributed by atoms with Gasteiger partial charge in [-0.25, -0.2) is 0 Å². The molecule has 0 radical (unpaired) electrons. The molecule has 1 heterocycles. The van der Waals surface area contributed by atoms with Gasteiger partial charge < -0.3 is 10.5 Å². The zero-order chi connectivity index (χ0) is 22.1. The molecule has 3 heteroatoms. The maximum Gasteiger partial charge on any atom is 0.133 e. The van der Waals surface area contributed by atoms with E-state index in [0.717, 1.165) is 28.0 Å². The average molecular weight is 440 g/mol. The van der Waals surface area contributed by atoms with Gasteiger partial charge in [0.05, 0.1) is 6.26 Å². The predicted octanol–water partition coefficient (Wildman–Crippen LogP) is 5.45. The largest absolute Gasteiger partial charge is 0.464 e. The van der Waals surface area contributed by atoms with Crippen LogP contribution in [-0.2, 0) is 6.42 Å². The van der Waals surface area contributed by atoms with Crippen molar-refractivity contribution < 1.29 is 4.74 Å². The highest BCUT2D eigenvalue weighted by molar-refractivity contribution is 6.30. The second-order valence-electron chi connectivity index (χ2n) is 8.43. The fourth-order valence-electron chi connectivity index (χ4n) is 4.76. The summed E-state index contributed by atoms with van der Waals surface area (Å²) in [5.74, 6) is 0.914. The van der Waals surface area contributed by atoms with Crippen LogP contribution in [0.2, 0.25) is 5.02 Å². The molecule has 3 aromatic carbocycles. The zero-order valence-corrected chi connectivity index (χ0v) is 18.9. The van der Waals surface area contributed by atoms with Gasteiger partial charge >= 0.3 is 0 Å². The Morgan fingerprint density at radius 3 is 2.81 bits per heavy atom. The number of rotatable bonds is 0. The number of hydrogen-bond acceptors (Lipinski definition) is 2. The Morgan fingerprint density at radius 1 is 1.03 bits per heavy atom. The highest BCUT2D eigenvalue weighted by Crippen LogP contribution is 2.24. The molecule has 3 aliphatic rings. The smallest absolute Gasteiger partial charge is 0.133 e. The lowest BCUT2D eigenvalue weighted by molar-refractivity contribution is 0.481. The molecule has 0 fully saturated rings. The molecule has 2 N–H and O–H groups in total. The Hall–Kier alpha value is -3.07. The molecule has 0 bridgehead atoms. The fraction of sp³-hybridized carbons (Fsp3) is 0.172. The minimum atomic E-state index is -0.0610. The Balaban J connectivity index is 0.000000165. The number of fused-ring (bicyclic) bond motifs is 5. The molecular weight excluding hydrogens is 414 g/mol. The third kappa shape index (κ3) is 3.92. The number of halogens is 1. The average Bonchev–Trinajstić information content (AvgIpc) is 3.06. The SMILES string of the molecule is C1=COc2ccccc2C=C1.Cc1cc(Cl)c2c(c1)=c1ccc3c(c1C(N)C=2)CCCC=3. The fourth-order valence-corrected chi connectivity index (χ4v) is 5.09. The van der Waals surface area contributed by atoms with Crippen LogP contribution in [0, 0.1) is 17.4 Å². The predicted molar refractivity (Wildman–Crippen MR) is 134 cm³/mol. The lowest BCUT2D eigenvalue weighted by atomic mass is 9.86. The van der Waals surface area contributed by atoms with E-state index in [2.05, 4.69) is 37.3 Å². The monoisotopic (exact) mass is 439 g/mol. The molecule has 32 heavy (non-hydrogen) atoms. The third-order valence-corrected chi connectivity index (χ3v) is 6.52. The lowest BCUT2D eigenvalue weighted by Crippen LogP contribution is -2.26. The van der Waals surface area contributed by atoms with Crippen molar-refractivity contribution in [3.63, 3.8) is 0 Å². The van der Waals surface area contributed by atoms with Crippen molar-refractivity contribution >= 4 is 29.8 Å². The highest BCUT2D eigenvalue weighted by Gasteiger charge is 2.17. The van der Waals surface area contributed by atoms with Crippen molar-refractivity contribution in [3.8, 4) is 5.75 Å². The summed E-state index contributed by atoms with van der Waals surface area (Å²) in [6.45, 7) is 2.09. The van der Waals surface area contributed by atoms with E-state index < -0.39 is 0 Å². The number of allylic oxidation sites excluding steroid dienone is 2. The van der Waals surface area contributed by atoms with Crippen molar-refractivity contribution in [1.82, 2.24) is 0 Å². The van der Waals surface area contributed by atoms with E-state index in [9.17, 15) is 0 Å². The van der Waals surface area contributed by atoms with Crippen LogP contribution in [0.5, 0.6) is 5.75 Å². The van der Waals surface area contributed by atoms with Crippen molar-refractivity contribution in [2.45, 2.75) is 32.2 Å². The van der Waals surface area contributed by atoms with Crippen molar-refractivity contribution in [2.24, 2.45) is 5.73 Å². The first-order chi connectivity index (χ1) is 15.6. The van der Waals surface area contributed by atoms with Crippen LogP contribution < -0.4 is 20.9 Å². The molecule has 0 amide bonds. The summed E-state index contributed by atoms with van der Waals surface area (Å²) in [5.41, 5.74) is 11.5. The zero-order valence-electron chi connectivity index (χ0n) is 18.1. The summed E-state index contributed by atoms with van der Waals surface area (Å²) in [4.78, 5) is 0. The van der Waals surface area contributed by atoms with Crippen LogP contribution in [0.1, 0.15) is 41.1 Å². The number of aryl methyl sites for hydroxylation is 1. The van der Waals surface area contributed by atoms with E-state index in [1.807, 2.05) is 48.6 Å². The first-order valence-corrected chi connectivity index (χ1v) is 11.5. The third-order valence-electron chi connectivity index (χ3n) is 6.21. The van der Waals surface area contributed by atoms with Crippen LogP contribution in [-0.4, -0.2) is 0 Å². The topological polar surface area (TPSA) is 35.2 Å². The standard InChI is InChI=1S/C19H18ClN.C10H8O/c1-11-8-15-14-7-6-12-4-2-3-5-13(12)19(14)18(21)10-16(15)17(20)9-11;1-2-7-10-9(5-1)6-3-4-8-11-10/h4,6-10,18H,2-3,5,21H2,1H3;1-8H. The van der Waals surface area contributed by atoms with Gasteiger partial charge in [-0.1, -0.05) is 72.3 Å². The van der Waals surface area contributed by atoms with Crippen LogP contribution in [0.4, 0.5) is 0 Å². The Bertz CT molecular complexity index is 1470. The summed E-state index contributed by atoms with van der Waals surface area (Å²) in [7, 11) is 0. The Morgan fingerprint density at radius 2 is 1.91 bits per heavy atom. The maximum atomic E-state index is 6.46. The first-order valence-electron chi connectivity index (χ1n) is 11.1. The van der Waals surface area contributed by atoms with Gasteiger partial charge in [0.25, 0.3) is 0 Å². The van der Waals surface area contributed by atoms with Gasteiger partial charge in [-0.2, -0.15) is 0 Å². The van der Waals surface area contributed by atoms with Gasteiger partial charge in [0, 0.05) is 16.6 Å². The summed E-state index contributed by atoms with van der Waals surface area (Å²) >= 11 is 6.43. The second-order valence-corrected chi connectivity index (χ2v) is 8.84. The molecular formula is C29H26ClNO. The number of hydrogen-bond donors (Lipinski definition) is 1. The van der Waals surface area contributed by atoms with E-state index in [-0.39, 0.29) is 6.04 Å². The molecule has 0 saturated carbocycles. The molecule has 0 aromatic heterocycles. The maximum absolute atomic E-state index is 6.46. The molecule has 2 nitrogen and oxygen atoms in total. The number of nitrogens with two attached hydrogens (primary N) is 1. The van der Waals surface area contributed by atoms with Crippen molar-refractivity contribution in [1.29, 1.82) is 0 Å². The van der Waals surface area contributed by atoms with Crippen molar-refractivity contribution in [2.75, 3.05) is 0 Å². The number of ether oxygens (including phenoxy) is 1. The van der Waals surface area contributed by atoms with Gasteiger partial charge in [0.1, 0.15) is 5.75 Å². The van der Waals surface area contributed by atoms with Crippen LogP contribution in [0.15, 0.2) is 66.9 Å². The van der Waals surface area contributed by atoms with E-state index in [0.29, 0.717) is 0 Å². The van der Waals surface area contributed by atoms with E-state index in [4.69, 9.17) is 22.1 Å². The van der Waals surface area contributed by atoms with E-state index in [1.54, 1.807) is 6.26 Å². The van der Waals surface area contributed by atoms with E-state index in [1.165, 1.54) is 45.2 Å². The van der Waals surface area contributed by atoms with Gasteiger partial charge in [0.15, 0.2) is 0 Å². The summed E-state index contributed by atoms with van der Waals surface area (Å²) in [6.07, 6.45) is 15.5. The Kier molecular flexibility index (Phi) is 5.73. The first kappa shape index (κ1) is 20.8. The van der Waals surface area contributed by atoms with E-state index >= 15 is 0 Å². The molecule has 6 rings (SSSR count). The molecule has 160 valence electrons. The summed E-state index contributed by atoms with van der Waals surface area (Å²) < 4.78 is 5.31. The molecule has 0 spiro atoms. The van der Waals surface area contributed by atoms with Gasteiger partial charge in [0.2, 0.25) is 0 Å². The minimum absolute atomic E-state index is 0.0610. The summed E-state index contributed by atoms with van der Waals surface area (Å²) in [6, 6.07) is 16.6. The summed E-state index contributed by atoms with van der Waals surface area (Å²) in [5, 5.41) is 5.74. The molecule has 1 atom stereocenters. The van der Waals surface area contributed by atoms with Gasteiger partial charge in [-0.05, 0) is 82.0 Å². The molecule has 1 aliphatic heterocycles. The van der Waals surface area contributed by atoms with Crippen LogP contribution >= 0.6 is 11.6 Å².